The Bertz CT molecular complexity index is 911. The zero-order valence-electron chi connectivity index (χ0n) is 14.2. The Morgan fingerprint density at radius 1 is 0.885 bits per heavy atom. The fourth-order valence-electron chi connectivity index (χ4n) is 2.98. The van der Waals surface area contributed by atoms with Crippen LogP contribution in [0, 0.1) is 11.3 Å². The zero-order valence-corrected chi connectivity index (χ0v) is 14.2. The van der Waals surface area contributed by atoms with Crippen LogP contribution in [-0.2, 0) is 0 Å². The van der Waals surface area contributed by atoms with Gasteiger partial charge in [0.1, 0.15) is 11.8 Å². The van der Waals surface area contributed by atoms with E-state index in [1.807, 2.05) is 18.2 Å². The molecule has 2 aromatic heterocycles. The first-order valence-electron chi connectivity index (χ1n) is 8.45. The monoisotopic (exact) mass is 343 g/mol. The number of hydrogen-bond donors (Lipinski definition) is 0. The third-order valence-corrected chi connectivity index (χ3v) is 4.41. The third kappa shape index (κ3) is 3.30. The van der Waals surface area contributed by atoms with Crippen molar-refractivity contribution in [1.29, 1.82) is 5.26 Å². The normalized spacial score (nSPS) is 14.1. The summed E-state index contributed by atoms with van der Waals surface area (Å²) in [6, 6.07) is 15.9. The van der Waals surface area contributed by atoms with Crippen LogP contribution in [0.4, 0.5) is 11.6 Å². The number of nitrogens with zero attached hydrogens (tertiary/aromatic N) is 7. The Kier molecular flexibility index (Phi) is 4.39. The van der Waals surface area contributed by atoms with E-state index in [1.165, 1.54) is 5.69 Å². The quantitative estimate of drug-likeness (QED) is 0.720. The van der Waals surface area contributed by atoms with Gasteiger partial charge in [-0.25, -0.2) is 9.97 Å². The molecular weight excluding hydrogens is 326 g/mol. The van der Waals surface area contributed by atoms with Gasteiger partial charge in [-0.3, -0.25) is 0 Å². The summed E-state index contributed by atoms with van der Waals surface area (Å²) < 4.78 is 0. The lowest BCUT2D eigenvalue weighted by Crippen LogP contribution is -2.47. The third-order valence-electron chi connectivity index (χ3n) is 4.41. The second kappa shape index (κ2) is 7.15. The highest BCUT2D eigenvalue weighted by Gasteiger charge is 2.20. The molecule has 0 amide bonds. The maximum absolute atomic E-state index is 8.86. The first kappa shape index (κ1) is 16.0. The maximum Gasteiger partial charge on any atom is 0.246 e. The van der Waals surface area contributed by atoms with E-state index in [1.54, 1.807) is 18.5 Å². The molecule has 7 heteroatoms. The van der Waals surface area contributed by atoms with E-state index in [4.69, 9.17) is 5.26 Å². The Morgan fingerprint density at radius 2 is 1.65 bits per heavy atom. The van der Waals surface area contributed by atoms with Crippen molar-refractivity contribution in [3.63, 3.8) is 0 Å². The van der Waals surface area contributed by atoms with Crippen LogP contribution >= 0.6 is 0 Å². The lowest BCUT2D eigenvalue weighted by atomic mass is 10.2. The molecule has 0 unspecified atom stereocenters. The van der Waals surface area contributed by atoms with Gasteiger partial charge in [0.25, 0.3) is 0 Å². The van der Waals surface area contributed by atoms with E-state index in [2.05, 4.69) is 54.2 Å². The van der Waals surface area contributed by atoms with Crippen LogP contribution < -0.4 is 9.80 Å². The molecule has 1 saturated heterocycles. The summed E-state index contributed by atoms with van der Waals surface area (Å²) in [5, 5.41) is 17.1. The van der Waals surface area contributed by atoms with Gasteiger partial charge in [0.15, 0.2) is 0 Å². The van der Waals surface area contributed by atoms with E-state index in [-0.39, 0.29) is 0 Å². The highest BCUT2D eigenvalue weighted by Crippen LogP contribution is 2.20. The predicted octanol–water partition coefficient (Wildman–Crippen LogP) is 2.13. The molecule has 0 radical (unpaired) electrons. The van der Waals surface area contributed by atoms with Crippen molar-refractivity contribution in [2.75, 3.05) is 36.0 Å². The van der Waals surface area contributed by atoms with Gasteiger partial charge in [-0.05, 0) is 24.3 Å². The van der Waals surface area contributed by atoms with Crippen LogP contribution in [0.25, 0.3) is 11.3 Å². The molecule has 0 aliphatic carbocycles. The summed E-state index contributed by atoms with van der Waals surface area (Å²) in [5.41, 5.74) is 3.15. The van der Waals surface area contributed by atoms with Gasteiger partial charge < -0.3 is 9.80 Å². The molecule has 0 atom stereocenters. The van der Waals surface area contributed by atoms with Crippen molar-refractivity contribution in [1.82, 2.24) is 20.2 Å². The van der Waals surface area contributed by atoms with Crippen molar-refractivity contribution < 1.29 is 0 Å². The molecule has 1 aliphatic heterocycles. The number of pyridine rings is 1. The molecule has 3 aromatic rings. The summed E-state index contributed by atoms with van der Waals surface area (Å²) in [7, 11) is 0. The van der Waals surface area contributed by atoms with Crippen molar-refractivity contribution in [3.8, 4) is 17.3 Å². The molecule has 1 fully saturated rings. The molecule has 0 spiro atoms. The van der Waals surface area contributed by atoms with Crippen molar-refractivity contribution in [3.05, 3.63) is 60.6 Å². The van der Waals surface area contributed by atoms with Crippen LogP contribution in [0.1, 0.15) is 5.69 Å². The van der Waals surface area contributed by atoms with Gasteiger partial charge >= 0.3 is 0 Å². The molecule has 7 nitrogen and oxygen atoms in total. The Hall–Kier alpha value is -3.53. The molecular formula is C19H17N7. The van der Waals surface area contributed by atoms with Crippen LogP contribution in [0.15, 0.2) is 54.9 Å². The molecule has 26 heavy (non-hydrogen) atoms. The predicted molar refractivity (Wildman–Crippen MR) is 98.6 cm³/mol. The lowest BCUT2D eigenvalue weighted by molar-refractivity contribution is 0.635. The number of anilines is 2. The number of piperazine rings is 1. The Labute approximate surface area is 151 Å². The van der Waals surface area contributed by atoms with Gasteiger partial charge in [-0.15, -0.1) is 5.10 Å². The van der Waals surface area contributed by atoms with Gasteiger partial charge in [-0.1, -0.05) is 18.2 Å². The number of aromatic nitrogens is 4. The zero-order chi connectivity index (χ0) is 17.8. The molecule has 0 bridgehead atoms. The van der Waals surface area contributed by atoms with Gasteiger partial charge in [0.2, 0.25) is 5.95 Å². The number of rotatable bonds is 3. The SMILES string of the molecule is N#Cc1ccc(-c2cnnc(N3CCN(c4ccccc4)CC3)n2)cn1. The minimum Gasteiger partial charge on any atom is -0.368 e. The number of benzene rings is 1. The summed E-state index contributed by atoms with van der Waals surface area (Å²) >= 11 is 0. The van der Waals surface area contributed by atoms with Gasteiger partial charge in [0.05, 0.1) is 11.9 Å². The second-order valence-corrected chi connectivity index (χ2v) is 6.00. The van der Waals surface area contributed by atoms with Crippen molar-refractivity contribution in [2.45, 2.75) is 0 Å². The minimum absolute atomic E-state index is 0.382. The summed E-state index contributed by atoms with van der Waals surface area (Å²) in [6.07, 6.45) is 3.26. The maximum atomic E-state index is 8.86. The highest BCUT2D eigenvalue weighted by atomic mass is 15.4. The van der Waals surface area contributed by atoms with Gasteiger partial charge in [-0.2, -0.15) is 10.4 Å². The molecule has 1 aliphatic rings. The minimum atomic E-state index is 0.382. The van der Waals surface area contributed by atoms with Crippen LogP contribution in [0.2, 0.25) is 0 Å². The largest absolute Gasteiger partial charge is 0.368 e. The first-order chi connectivity index (χ1) is 12.8. The van der Waals surface area contributed by atoms with Gasteiger partial charge in [0, 0.05) is 43.6 Å². The van der Waals surface area contributed by atoms with E-state index in [0.717, 1.165) is 31.7 Å². The summed E-state index contributed by atoms with van der Waals surface area (Å²) in [5.74, 6) is 0.625. The average Bonchev–Trinajstić information content (AvgIpc) is 2.75. The smallest absolute Gasteiger partial charge is 0.246 e. The Morgan fingerprint density at radius 3 is 2.35 bits per heavy atom. The number of nitriles is 1. The second-order valence-electron chi connectivity index (χ2n) is 6.00. The summed E-state index contributed by atoms with van der Waals surface area (Å²) in [4.78, 5) is 13.2. The van der Waals surface area contributed by atoms with Crippen molar-refractivity contribution in [2.24, 2.45) is 0 Å². The molecule has 0 N–H and O–H groups in total. The topological polar surface area (TPSA) is 81.8 Å². The fraction of sp³-hybridized carbons (Fsp3) is 0.211. The lowest BCUT2D eigenvalue weighted by Gasteiger charge is -2.35. The van der Waals surface area contributed by atoms with Crippen LogP contribution in [-0.4, -0.2) is 46.3 Å². The molecule has 128 valence electrons. The van der Waals surface area contributed by atoms with E-state index >= 15 is 0 Å². The Balaban J connectivity index is 1.48. The van der Waals surface area contributed by atoms with Crippen LogP contribution in [0.3, 0.4) is 0 Å². The number of para-hydroxylation sites is 1. The van der Waals surface area contributed by atoms with Crippen LogP contribution in [0.5, 0.6) is 0 Å². The van der Waals surface area contributed by atoms with E-state index in [0.29, 0.717) is 17.3 Å². The standard InChI is InChI=1S/C19H17N7/c20-12-16-7-6-15(13-21-16)18-14-22-24-19(23-18)26-10-8-25(9-11-26)17-4-2-1-3-5-17/h1-7,13-14H,8-11H2. The van der Waals surface area contributed by atoms with E-state index in [9.17, 15) is 0 Å². The first-order valence-corrected chi connectivity index (χ1v) is 8.45. The highest BCUT2D eigenvalue weighted by molar-refractivity contribution is 5.58. The fourth-order valence-corrected chi connectivity index (χ4v) is 2.98. The van der Waals surface area contributed by atoms with Crippen molar-refractivity contribution >= 4 is 11.6 Å². The molecule has 3 heterocycles. The number of hydrogen-bond acceptors (Lipinski definition) is 7. The summed E-state index contributed by atoms with van der Waals surface area (Å²) in [6.45, 7) is 3.50. The molecule has 0 saturated carbocycles. The van der Waals surface area contributed by atoms with E-state index < -0.39 is 0 Å². The molecule has 1 aromatic carbocycles. The molecule has 4 rings (SSSR count). The average molecular weight is 343 g/mol.